The number of carbonyl (C=O) groups excluding carboxylic acids is 2. The summed E-state index contributed by atoms with van der Waals surface area (Å²) in [6.07, 6.45) is 5.02. The van der Waals surface area contributed by atoms with E-state index in [1.54, 1.807) is 6.92 Å². The molecule has 1 rings (SSSR count). The van der Waals surface area contributed by atoms with Crippen LogP contribution < -0.4 is 10.0 Å². The van der Waals surface area contributed by atoms with Crippen molar-refractivity contribution >= 4 is 21.9 Å². The number of methoxy groups -OCH3 is 1. The number of hydrogen-bond acceptors (Lipinski definition) is 6. The lowest BCUT2D eigenvalue weighted by molar-refractivity contribution is -0.125. The van der Waals surface area contributed by atoms with Crippen molar-refractivity contribution in [1.29, 1.82) is 0 Å². The Balaban J connectivity index is 2.69. The second kappa shape index (κ2) is 9.78. The number of hydrogen-bond donors (Lipinski definition) is 2. The molecule has 1 unspecified atom stereocenters. The third-order valence-corrected chi connectivity index (χ3v) is 4.30. The first-order chi connectivity index (χ1) is 11.8. The summed E-state index contributed by atoms with van der Waals surface area (Å²) in [5.41, 5.74) is 0.00122. The molecule has 0 radical (unpaired) electrons. The standard InChI is InChI=1S/C16H20N2O6S/c1-4-8-17-25(21,22)14-7-5-6-13(9-14)16(20)24-11-15(19)18-12(2)10-23-3/h1,5-7,9,12,17H,8,10-11H2,2-3H3,(H,18,19). The van der Waals surface area contributed by atoms with E-state index in [1.807, 2.05) is 0 Å². The van der Waals surface area contributed by atoms with Gasteiger partial charge in [0.25, 0.3) is 5.91 Å². The zero-order chi connectivity index (χ0) is 18.9. The van der Waals surface area contributed by atoms with Crippen LogP contribution in [-0.4, -0.2) is 53.2 Å². The summed E-state index contributed by atoms with van der Waals surface area (Å²) in [6.45, 7) is 1.40. The van der Waals surface area contributed by atoms with Crippen LogP contribution in [0.4, 0.5) is 0 Å². The Hall–Kier alpha value is -2.41. The number of carbonyl (C=O) groups is 2. The van der Waals surface area contributed by atoms with Gasteiger partial charge in [-0.15, -0.1) is 6.42 Å². The van der Waals surface area contributed by atoms with Crippen molar-refractivity contribution in [2.75, 3.05) is 26.9 Å². The van der Waals surface area contributed by atoms with Crippen LogP contribution in [0.2, 0.25) is 0 Å². The average molecular weight is 368 g/mol. The molecule has 0 aromatic heterocycles. The second-order valence-corrected chi connectivity index (χ2v) is 6.82. The Morgan fingerprint density at radius 1 is 1.36 bits per heavy atom. The quantitative estimate of drug-likeness (QED) is 0.465. The van der Waals surface area contributed by atoms with Gasteiger partial charge in [0.05, 0.1) is 23.6 Å². The van der Waals surface area contributed by atoms with Crippen molar-refractivity contribution in [2.45, 2.75) is 17.9 Å². The lowest BCUT2D eigenvalue weighted by Gasteiger charge is -2.12. The van der Waals surface area contributed by atoms with Gasteiger partial charge in [0.2, 0.25) is 10.0 Å². The zero-order valence-electron chi connectivity index (χ0n) is 13.9. The molecular weight excluding hydrogens is 348 g/mol. The molecule has 9 heteroatoms. The van der Waals surface area contributed by atoms with Crippen molar-refractivity contribution < 1.29 is 27.5 Å². The average Bonchev–Trinajstić information content (AvgIpc) is 2.58. The summed E-state index contributed by atoms with van der Waals surface area (Å²) >= 11 is 0. The number of nitrogens with one attached hydrogen (secondary N) is 2. The maximum absolute atomic E-state index is 12.0. The van der Waals surface area contributed by atoms with Gasteiger partial charge in [-0.1, -0.05) is 12.0 Å². The minimum atomic E-state index is -3.83. The number of esters is 1. The molecule has 1 aromatic rings. The number of rotatable bonds is 9. The van der Waals surface area contributed by atoms with Crippen molar-refractivity contribution in [2.24, 2.45) is 0 Å². The van der Waals surface area contributed by atoms with E-state index in [9.17, 15) is 18.0 Å². The molecule has 1 aromatic carbocycles. The lowest BCUT2D eigenvalue weighted by atomic mass is 10.2. The molecule has 0 saturated carbocycles. The van der Waals surface area contributed by atoms with E-state index in [-0.39, 0.29) is 23.0 Å². The molecule has 1 amide bonds. The minimum Gasteiger partial charge on any atom is -0.452 e. The first-order valence-corrected chi connectivity index (χ1v) is 8.77. The molecule has 0 aliphatic rings. The molecule has 0 fully saturated rings. The van der Waals surface area contributed by atoms with Crippen LogP contribution in [-0.2, 0) is 24.3 Å². The van der Waals surface area contributed by atoms with Crippen molar-refractivity contribution in [1.82, 2.24) is 10.0 Å². The van der Waals surface area contributed by atoms with Gasteiger partial charge in [0.1, 0.15) is 0 Å². The number of terminal acetylenes is 1. The van der Waals surface area contributed by atoms with Crippen LogP contribution in [0.5, 0.6) is 0 Å². The Bertz CT molecular complexity index is 754. The first-order valence-electron chi connectivity index (χ1n) is 7.28. The highest BCUT2D eigenvalue weighted by molar-refractivity contribution is 7.89. The van der Waals surface area contributed by atoms with E-state index in [2.05, 4.69) is 16.0 Å². The van der Waals surface area contributed by atoms with Gasteiger partial charge in [0.15, 0.2) is 6.61 Å². The number of benzene rings is 1. The lowest BCUT2D eigenvalue weighted by Crippen LogP contribution is -2.38. The number of amides is 1. The molecule has 8 nitrogen and oxygen atoms in total. The summed E-state index contributed by atoms with van der Waals surface area (Å²) in [5, 5.41) is 2.58. The Kier molecular flexibility index (Phi) is 8.07. The van der Waals surface area contributed by atoms with E-state index in [0.717, 1.165) is 6.07 Å². The van der Waals surface area contributed by atoms with Crippen molar-refractivity contribution in [3.63, 3.8) is 0 Å². The predicted octanol–water partition coefficient (Wildman–Crippen LogP) is -0.0940. The monoisotopic (exact) mass is 368 g/mol. The van der Waals surface area contributed by atoms with E-state index in [4.69, 9.17) is 15.9 Å². The predicted molar refractivity (Wildman–Crippen MR) is 90.2 cm³/mol. The van der Waals surface area contributed by atoms with Gasteiger partial charge in [-0.05, 0) is 25.1 Å². The SMILES string of the molecule is C#CCNS(=O)(=O)c1cccc(C(=O)OCC(=O)NC(C)COC)c1. The van der Waals surface area contributed by atoms with Crippen LogP contribution in [0.1, 0.15) is 17.3 Å². The van der Waals surface area contributed by atoms with Gasteiger partial charge in [0, 0.05) is 13.2 Å². The third-order valence-electron chi connectivity index (χ3n) is 2.90. The Morgan fingerprint density at radius 3 is 2.72 bits per heavy atom. The fourth-order valence-electron chi connectivity index (χ4n) is 1.83. The van der Waals surface area contributed by atoms with Gasteiger partial charge in [-0.3, -0.25) is 4.79 Å². The van der Waals surface area contributed by atoms with Gasteiger partial charge < -0.3 is 14.8 Å². The summed E-state index contributed by atoms with van der Waals surface area (Å²) < 4.78 is 35.9. The van der Waals surface area contributed by atoms with E-state index >= 15 is 0 Å². The van der Waals surface area contributed by atoms with Gasteiger partial charge >= 0.3 is 5.97 Å². The second-order valence-electron chi connectivity index (χ2n) is 5.06. The highest BCUT2D eigenvalue weighted by Gasteiger charge is 2.17. The fraction of sp³-hybridized carbons (Fsp3) is 0.375. The molecule has 25 heavy (non-hydrogen) atoms. The van der Waals surface area contributed by atoms with E-state index in [0.29, 0.717) is 6.61 Å². The highest BCUT2D eigenvalue weighted by atomic mass is 32.2. The largest absolute Gasteiger partial charge is 0.452 e. The first kappa shape index (κ1) is 20.6. The van der Waals surface area contributed by atoms with Gasteiger partial charge in [-0.2, -0.15) is 4.72 Å². The number of ether oxygens (including phenoxy) is 2. The maximum atomic E-state index is 12.0. The van der Waals surface area contributed by atoms with Crippen molar-refractivity contribution in [3.8, 4) is 12.3 Å². The molecule has 0 aliphatic heterocycles. The molecule has 2 N–H and O–H groups in total. The molecule has 0 heterocycles. The van der Waals surface area contributed by atoms with Crippen LogP contribution in [0.15, 0.2) is 29.2 Å². The smallest absolute Gasteiger partial charge is 0.338 e. The normalized spacial score (nSPS) is 12.0. The molecule has 0 bridgehead atoms. The molecule has 1 atom stereocenters. The highest BCUT2D eigenvalue weighted by Crippen LogP contribution is 2.12. The summed E-state index contributed by atoms with van der Waals surface area (Å²) in [7, 11) is -2.32. The Labute approximate surface area is 146 Å². The molecular formula is C16H20N2O6S. The maximum Gasteiger partial charge on any atom is 0.338 e. The summed E-state index contributed by atoms with van der Waals surface area (Å²) in [5.74, 6) is 0.848. The minimum absolute atomic E-state index is 0.00122. The van der Waals surface area contributed by atoms with E-state index < -0.39 is 28.5 Å². The van der Waals surface area contributed by atoms with Crippen LogP contribution in [0, 0.1) is 12.3 Å². The molecule has 136 valence electrons. The van der Waals surface area contributed by atoms with Gasteiger partial charge in [-0.25, -0.2) is 13.2 Å². The number of sulfonamides is 1. The van der Waals surface area contributed by atoms with Crippen molar-refractivity contribution in [3.05, 3.63) is 29.8 Å². The Morgan fingerprint density at radius 2 is 2.08 bits per heavy atom. The van der Waals surface area contributed by atoms with E-state index in [1.165, 1.54) is 25.3 Å². The van der Waals surface area contributed by atoms with Crippen LogP contribution in [0.25, 0.3) is 0 Å². The third kappa shape index (κ3) is 6.93. The summed E-state index contributed by atoms with van der Waals surface area (Å²) in [4.78, 5) is 23.5. The fourth-order valence-corrected chi connectivity index (χ4v) is 2.81. The zero-order valence-corrected chi connectivity index (χ0v) is 14.8. The summed E-state index contributed by atoms with van der Waals surface area (Å²) in [6, 6.07) is 5.00. The van der Waals surface area contributed by atoms with Crippen LogP contribution >= 0.6 is 0 Å². The van der Waals surface area contributed by atoms with Crippen LogP contribution in [0.3, 0.4) is 0 Å². The molecule has 0 spiro atoms. The molecule has 0 saturated heterocycles. The molecule has 0 aliphatic carbocycles. The topological polar surface area (TPSA) is 111 Å².